The van der Waals surface area contributed by atoms with Gasteiger partial charge in [0.05, 0.1) is 12.3 Å². The van der Waals surface area contributed by atoms with E-state index in [0.717, 1.165) is 10.7 Å². The molecule has 0 aliphatic carbocycles. The molecular formula is C8H8N2O2S. The first-order chi connectivity index (χ1) is 6.29. The topological polar surface area (TPSA) is 59.2 Å². The molecule has 13 heavy (non-hydrogen) atoms. The standard InChI is InChI=1S/C8H8N2O2S/c1-5-9-7(3-12-5)8-10-6(2-11)4-13-8/h3-4,11H,2H2,1H3. The van der Waals surface area contributed by atoms with E-state index in [4.69, 9.17) is 9.52 Å². The SMILES string of the molecule is Cc1nc(-c2nc(CO)cs2)co1. The minimum Gasteiger partial charge on any atom is -0.449 e. The van der Waals surface area contributed by atoms with Crippen LogP contribution in [-0.4, -0.2) is 15.1 Å². The van der Waals surface area contributed by atoms with Crippen molar-refractivity contribution in [3.8, 4) is 10.7 Å². The van der Waals surface area contributed by atoms with E-state index in [0.29, 0.717) is 11.6 Å². The fourth-order valence-electron chi connectivity index (χ4n) is 0.959. The molecule has 0 saturated heterocycles. The van der Waals surface area contributed by atoms with Crippen molar-refractivity contribution in [1.29, 1.82) is 0 Å². The molecule has 0 aliphatic heterocycles. The number of aryl methyl sites for hydroxylation is 1. The molecule has 0 unspecified atom stereocenters. The minimum atomic E-state index is -0.0344. The van der Waals surface area contributed by atoms with Gasteiger partial charge in [-0.2, -0.15) is 0 Å². The maximum atomic E-state index is 8.80. The number of nitrogens with zero attached hydrogens (tertiary/aromatic N) is 2. The van der Waals surface area contributed by atoms with Crippen molar-refractivity contribution in [3.05, 3.63) is 23.2 Å². The van der Waals surface area contributed by atoms with Gasteiger partial charge in [-0.1, -0.05) is 0 Å². The summed E-state index contributed by atoms with van der Waals surface area (Å²) in [5.41, 5.74) is 1.39. The number of thiazole rings is 1. The maximum Gasteiger partial charge on any atom is 0.191 e. The normalized spacial score (nSPS) is 10.6. The first-order valence-electron chi connectivity index (χ1n) is 3.77. The number of aliphatic hydroxyl groups is 1. The number of hydrogen-bond donors (Lipinski definition) is 1. The molecule has 0 aromatic carbocycles. The van der Waals surface area contributed by atoms with Gasteiger partial charge >= 0.3 is 0 Å². The van der Waals surface area contributed by atoms with Crippen LogP contribution < -0.4 is 0 Å². The summed E-state index contributed by atoms with van der Waals surface area (Å²) in [4.78, 5) is 8.29. The number of hydrogen-bond acceptors (Lipinski definition) is 5. The van der Waals surface area contributed by atoms with Crippen molar-refractivity contribution in [3.63, 3.8) is 0 Å². The Bertz CT molecular complexity index is 408. The molecule has 0 bridgehead atoms. The highest BCUT2D eigenvalue weighted by Crippen LogP contribution is 2.22. The lowest BCUT2D eigenvalue weighted by Gasteiger charge is -1.84. The molecule has 68 valence electrons. The summed E-state index contributed by atoms with van der Waals surface area (Å²) in [5, 5.41) is 11.4. The Morgan fingerprint density at radius 1 is 1.54 bits per heavy atom. The van der Waals surface area contributed by atoms with E-state index >= 15 is 0 Å². The molecule has 2 aromatic heterocycles. The van der Waals surface area contributed by atoms with Gasteiger partial charge < -0.3 is 9.52 Å². The van der Waals surface area contributed by atoms with E-state index in [1.54, 1.807) is 18.6 Å². The first kappa shape index (κ1) is 8.40. The van der Waals surface area contributed by atoms with Crippen LogP contribution in [0.4, 0.5) is 0 Å². The Morgan fingerprint density at radius 2 is 2.38 bits per heavy atom. The second kappa shape index (κ2) is 3.27. The molecule has 5 heteroatoms. The highest BCUT2D eigenvalue weighted by molar-refractivity contribution is 7.13. The smallest absolute Gasteiger partial charge is 0.191 e. The Balaban J connectivity index is 2.35. The van der Waals surface area contributed by atoms with Crippen LogP contribution in [0.15, 0.2) is 16.1 Å². The van der Waals surface area contributed by atoms with Crippen molar-refractivity contribution in [2.45, 2.75) is 13.5 Å². The predicted molar refractivity (Wildman–Crippen MR) is 48.3 cm³/mol. The molecule has 0 fully saturated rings. The van der Waals surface area contributed by atoms with E-state index in [1.807, 2.05) is 0 Å². The Hall–Kier alpha value is -1.20. The van der Waals surface area contributed by atoms with E-state index in [1.165, 1.54) is 11.3 Å². The van der Waals surface area contributed by atoms with Gasteiger partial charge in [0.15, 0.2) is 5.89 Å². The minimum absolute atomic E-state index is 0.0344. The largest absolute Gasteiger partial charge is 0.449 e. The van der Waals surface area contributed by atoms with Crippen molar-refractivity contribution in [2.75, 3.05) is 0 Å². The fourth-order valence-corrected chi connectivity index (χ4v) is 1.72. The van der Waals surface area contributed by atoms with Crippen LogP contribution in [0, 0.1) is 6.92 Å². The van der Waals surface area contributed by atoms with Crippen molar-refractivity contribution >= 4 is 11.3 Å². The monoisotopic (exact) mass is 196 g/mol. The van der Waals surface area contributed by atoms with Crippen molar-refractivity contribution in [2.24, 2.45) is 0 Å². The number of oxazole rings is 1. The van der Waals surface area contributed by atoms with Crippen LogP contribution in [0.1, 0.15) is 11.6 Å². The van der Waals surface area contributed by atoms with Crippen LogP contribution in [-0.2, 0) is 6.61 Å². The zero-order valence-corrected chi connectivity index (χ0v) is 7.84. The number of aromatic nitrogens is 2. The van der Waals surface area contributed by atoms with Gasteiger partial charge in [0.1, 0.15) is 17.0 Å². The van der Waals surface area contributed by atoms with E-state index < -0.39 is 0 Å². The summed E-state index contributed by atoms with van der Waals surface area (Å²) in [7, 11) is 0. The molecule has 2 heterocycles. The zero-order chi connectivity index (χ0) is 9.26. The lowest BCUT2D eigenvalue weighted by molar-refractivity contribution is 0.278. The third kappa shape index (κ3) is 1.61. The van der Waals surface area contributed by atoms with Gasteiger partial charge in [0.25, 0.3) is 0 Å². The predicted octanol–water partition coefficient (Wildman–Crippen LogP) is 1.60. The average Bonchev–Trinajstić information content (AvgIpc) is 2.71. The molecule has 0 radical (unpaired) electrons. The summed E-state index contributed by atoms with van der Waals surface area (Å²) in [6.45, 7) is 1.75. The van der Waals surface area contributed by atoms with E-state index in [-0.39, 0.29) is 6.61 Å². The van der Waals surface area contributed by atoms with Gasteiger partial charge in [0.2, 0.25) is 0 Å². The first-order valence-corrected chi connectivity index (χ1v) is 4.65. The molecule has 2 aromatic rings. The van der Waals surface area contributed by atoms with Gasteiger partial charge in [-0.05, 0) is 0 Å². The van der Waals surface area contributed by atoms with Crippen LogP contribution in [0.2, 0.25) is 0 Å². The van der Waals surface area contributed by atoms with Gasteiger partial charge in [-0.15, -0.1) is 11.3 Å². The lowest BCUT2D eigenvalue weighted by atomic mass is 10.5. The highest BCUT2D eigenvalue weighted by atomic mass is 32.1. The van der Waals surface area contributed by atoms with Crippen molar-refractivity contribution < 1.29 is 9.52 Å². The summed E-state index contributed by atoms with van der Waals surface area (Å²) in [6, 6.07) is 0. The number of rotatable bonds is 2. The summed E-state index contributed by atoms with van der Waals surface area (Å²) < 4.78 is 5.05. The quantitative estimate of drug-likeness (QED) is 0.792. The third-order valence-electron chi connectivity index (χ3n) is 1.55. The second-order valence-corrected chi connectivity index (χ2v) is 3.41. The van der Waals surface area contributed by atoms with Gasteiger partial charge in [0, 0.05) is 12.3 Å². The van der Waals surface area contributed by atoms with Crippen LogP contribution in [0.5, 0.6) is 0 Å². The van der Waals surface area contributed by atoms with E-state index in [2.05, 4.69) is 9.97 Å². The molecular weight excluding hydrogens is 188 g/mol. The summed E-state index contributed by atoms with van der Waals surface area (Å²) >= 11 is 1.45. The molecule has 0 saturated carbocycles. The average molecular weight is 196 g/mol. The van der Waals surface area contributed by atoms with Crippen LogP contribution in [0.3, 0.4) is 0 Å². The van der Waals surface area contributed by atoms with Gasteiger partial charge in [-0.25, -0.2) is 9.97 Å². The zero-order valence-electron chi connectivity index (χ0n) is 7.02. The molecule has 0 amide bonds. The Kier molecular flexibility index (Phi) is 2.12. The fraction of sp³-hybridized carbons (Fsp3) is 0.250. The highest BCUT2D eigenvalue weighted by Gasteiger charge is 2.07. The molecule has 4 nitrogen and oxygen atoms in total. The molecule has 0 aliphatic rings. The third-order valence-corrected chi connectivity index (χ3v) is 2.47. The van der Waals surface area contributed by atoms with Crippen molar-refractivity contribution in [1.82, 2.24) is 9.97 Å². The van der Waals surface area contributed by atoms with E-state index in [9.17, 15) is 0 Å². The van der Waals surface area contributed by atoms with Crippen LogP contribution in [0.25, 0.3) is 10.7 Å². The number of aliphatic hydroxyl groups excluding tert-OH is 1. The summed E-state index contributed by atoms with van der Waals surface area (Å²) in [6.07, 6.45) is 1.56. The van der Waals surface area contributed by atoms with Crippen LogP contribution >= 0.6 is 11.3 Å². The lowest BCUT2D eigenvalue weighted by Crippen LogP contribution is -1.82. The molecule has 2 rings (SSSR count). The maximum absolute atomic E-state index is 8.80. The Morgan fingerprint density at radius 3 is 2.92 bits per heavy atom. The molecule has 1 N–H and O–H groups in total. The second-order valence-electron chi connectivity index (χ2n) is 2.55. The van der Waals surface area contributed by atoms with Gasteiger partial charge in [-0.3, -0.25) is 0 Å². The summed E-state index contributed by atoms with van der Waals surface area (Å²) in [5.74, 6) is 0.621. The Labute approximate surface area is 78.9 Å². The molecule has 0 atom stereocenters. The molecule has 0 spiro atoms.